The third kappa shape index (κ3) is 3.66. The average molecular weight is 275 g/mol. The van der Waals surface area contributed by atoms with Crippen molar-refractivity contribution in [2.24, 2.45) is 5.92 Å². The number of nitrogens with zero attached hydrogens (tertiary/aromatic N) is 2. The summed E-state index contributed by atoms with van der Waals surface area (Å²) in [4.78, 5) is 4.72. The third-order valence-corrected chi connectivity index (χ3v) is 4.08. The second-order valence-electron chi connectivity index (χ2n) is 6.65. The van der Waals surface area contributed by atoms with Gasteiger partial charge in [-0.1, -0.05) is 19.9 Å². The fourth-order valence-corrected chi connectivity index (χ4v) is 2.97. The van der Waals surface area contributed by atoms with Gasteiger partial charge in [0.15, 0.2) is 0 Å². The maximum atomic E-state index is 3.69. The van der Waals surface area contributed by atoms with Gasteiger partial charge in [0.05, 0.1) is 0 Å². The lowest BCUT2D eigenvalue weighted by atomic mass is 9.99. The molecule has 0 aliphatic carbocycles. The molecular weight excluding hydrogens is 246 g/mol. The van der Waals surface area contributed by atoms with E-state index in [0.29, 0.717) is 12.1 Å². The summed E-state index contributed by atoms with van der Waals surface area (Å²) in [6, 6.07) is 10.0. The number of piperazine rings is 1. The highest BCUT2D eigenvalue weighted by Crippen LogP contribution is 2.25. The van der Waals surface area contributed by atoms with E-state index in [1.165, 1.54) is 17.8 Å². The minimum Gasteiger partial charge on any atom is -0.378 e. The van der Waals surface area contributed by atoms with Gasteiger partial charge in [0.2, 0.25) is 0 Å². The van der Waals surface area contributed by atoms with Crippen molar-refractivity contribution in [3.63, 3.8) is 0 Å². The van der Waals surface area contributed by atoms with Gasteiger partial charge in [-0.2, -0.15) is 0 Å². The van der Waals surface area contributed by atoms with Crippen molar-refractivity contribution in [1.82, 2.24) is 5.32 Å². The lowest BCUT2D eigenvalue weighted by molar-refractivity contribution is 0.356. The first-order valence-electron chi connectivity index (χ1n) is 7.74. The highest BCUT2D eigenvalue weighted by atomic mass is 15.2. The van der Waals surface area contributed by atoms with Gasteiger partial charge >= 0.3 is 0 Å². The molecule has 0 radical (unpaired) electrons. The van der Waals surface area contributed by atoms with Crippen LogP contribution in [0.25, 0.3) is 0 Å². The number of anilines is 2. The Bertz CT molecular complexity index is 428. The first-order valence-corrected chi connectivity index (χ1v) is 7.74. The minimum absolute atomic E-state index is 0.552. The van der Waals surface area contributed by atoms with Crippen LogP contribution in [0.5, 0.6) is 0 Å². The normalized spacial score (nSPS) is 23.2. The smallest absolute Gasteiger partial charge is 0.0390 e. The van der Waals surface area contributed by atoms with Crippen LogP contribution in [-0.2, 0) is 0 Å². The predicted molar refractivity (Wildman–Crippen MR) is 88.8 cm³/mol. The summed E-state index contributed by atoms with van der Waals surface area (Å²) in [5, 5.41) is 3.69. The molecule has 2 rings (SSSR count). The SMILES string of the molecule is CC(C)CC1CN(c2cccc(N(C)C)c2)C(C)CN1. The fourth-order valence-electron chi connectivity index (χ4n) is 2.97. The fraction of sp³-hybridized carbons (Fsp3) is 0.647. The Morgan fingerprint density at radius 2 is 2.10 bits per heavy atom. The minimum atomic E-state index is 0.552. The summed E-state index contributed by atoms with van der Waals surface area (Å²) in [6.07, 6.45) is 1.25. The summed E-state index contributed by atoms with van der Waals surface area (Å²) in [5.74, 6) is 0.746. The Balaban J connectivity index is 2.14. The van der Waals surface area contributed by atoms with Crippen molar-refractivity contribution in [2.75, 3.05) is 37.0 Å². The van der Waals surface area contributed by atoms with E-state index < -0.39 is 0 Å². The predicted octanol–water partition coefficient (Wildman–Crippen LogP) is 2.97. The maximum absolute atomic E-state index is 3.69. The van der Waals surface area contributed by atoms with E-state index in [1.807, 2.05) is 0 Å². The zero-order chi connectivity index (χ0) is 14.7. The van der Waals surface area contributed by atoms with Crippen molar-refractivity contribution < 1.29 is 0 Å². The molecule has 0 bridgehead atoms. The molecule has 1 heterocycles. The van der Waals surface area contributed by atoms with Crippen LogP contribution in [0.3, 0.4) is 0 Å². The van der Waals surface area contributed by atoms with E-state index in [1.54, 1.807) is 0 Å². The van der Waals surface area contributed by atoms with E-state index in [0.717, 1.165) is 19.0 Å². The summed E-state index contributed by atoms with van der Waals surface area (Å²) >= 11 is 0. The monoisotopic (exact) mass is 275 g/mol. The first kappa shape index (κ1) is 15.2. The van der Waals surface area contributed by atoms with E-state index in [9.17, 15) is 0 Å². The zero-order valence-electron chi connectivity index (χ0n) is 13.6. The molecule has 1 fully saturated rings. The number of hydrogen-bond donors (Lipinski definition) is 1. The van der Waals surface area contributed by atoms with Crippen molar-refractivity contribution >= 4 is 11.4 Å². The van der Waals surface area contributed by atoms with E-state index >= 15 is 0 Å². The second kappa shape index (κ2) is 6.49. The van der Waals surface area contributed by atoms with Crippen LogP contribution < -0.4 is 15.1 Å². The summed E-state index contributed by atoms with van der Waals surface area (Å²) in [5.41, 5.74) is 2.62. The Kier molecular flexibility index (Phi) is 4.92. The summed E-state index contributed by atoms with van der Waals surface area (Å²) in [7, 11) is 4.20. The van der Waals surface area contributed by atoms with Crippen molar-refractivity contribution in [2.45, 2.75) is 39.3 Å². The Morgan fingerprint density at radius 1 is 1.35 bits per heavy atom. The van der Waals surface area contributed by atoms with Gasteiger partial charge in [-0.25, -0.2) is 0 Å². The lowest BCUT2D eigenvalue weighted by Crippen LogP contribution is -2.56. The Labute approximate surface area is 124 Å². The van der Waals surface area contributed by atoms with E-state index in [-0.39, 0.29) is 0 Å². The largest absolute Gasteiger partial charge is 0.378 e. The molecule has 0 aromatic heterocycles. The zero-order valence-corrected chi connectivity index (χ0v) is 13.6. The van der Waals surface area contributed by atoms with Gasteiger partial charge in [0, 0.05) is 50.6 Å². The molecular formula is C17H29N3. The highest BCUT2D eigenvalue weighted by Gasteiger charge is 2.25. The average Bonchev–Trinajstić information content (AvgIpc) is 2.40. The van der Waals surface area contributed by atoms with Crippen molar-refractivity contribution in [3.05, 3.63) is 24.3 Å². The van der Waals surface area contributed by atoms with Crippen LogP contribution in [0.4, 0.5) is 11.4 Å². The van der Waals surface area contributed by atoms with Gasteiger partial charge in [-0.05, 0) is 37.5 Å². The molecule has 1 aromatic carbocycles. The van der Waals surface area contributed by atoms with Gasteiger partial charge in [-0.3, -0.25) is 0 Å². The second-order valence-corrected chi connectivity index (χ2v) is 6.65. The number of benzene rings is 1. The third-order valence-electron chi connectivity index (χ3n) is 4.08. The number of nitrogens with one attached hydrogen (secondary N) is 1. The molecule has 112 valence electrons. The molecule has 1 aliphatic rings. The quantitative estimate of drug-likeness (QED) is 0.911. The molecule has 1 aromatic rings. The molecule has 2 atom stereocenters. The van der Waals surface area contributed by atoms with Gasteiger partial charge in [-0.15, -0.1) is 0 Å². The Hall–Kier alpha value is -1.22. The number of rotatable bonds is 4. The van der Waals surface area contributed by atoms with Crippen LogP contribution in [0.15, 0.2) is 24.3 Å². The van der Waals surface area contributed by atoms with E-state index in [4.69, 9.17) is 0 Å². The standard InChI is InChI=1S/C17H29N3/c1-13(2)9-15-12-20(14(3)11-18-15)17-8-6-7-16(10-17)19(4)5/h6-8,10,13-15,18H,9,11-12H2,1-5H3. The van der Waals surface area contributed by atoms with Crippen molar-refractivity contribution in [3.8, 4) is 0 Å². The topological polar surface area (TPSA) is 18.5 Å². The Morgan fingerprint density at radius 3 is 2.75 bits per heavy atom. The van der Waals surface area contributed by atoms with Gasteiger partial charge < -0.3 is 15.1 Å². The van der Waals surface area contributed by atoms with Crippen LogP contribution in [-0.4, -0.2) is 39.3 Å². The summed E-state index contributed by atoms with van der Waals surface area (Å²) < 4.78 is 0. The molecule has 3 heteroatoms. The number of hydrogen-bond acceptors (Lipinski definition) is 3. The molecule has 0 amide bonds. The van der Waals surface area contributed by atoms with E-state index in [2.05, 4.69) is 74.2 Å². The van der Waals surface area contributed by atoms with Crippen LogP contribution in [0.1, 0.15) is 27.2 Å². The molecule has 20 heavy (non-hydrogen) atoms. The van der Waals surface area contributed by atoms with Crippen LogP contribution in [0.2, 0.25) is 0 Å². The molecule has 2 unspecified atom stereocenters. The molecule has 1 aliphatic heterocycles. The van der Waals surface area contributed by atoms with Crippen molar-refractivity contribution in [1.29, 1.82) is 0 Å². The summed E-state index contributed by atoms with van der Waals surface area (Å²) in [6.45, 7) is 9.09. The van der Waals surface area contributed by atoms with Crippen LogP contribution in [0, 0.1) is 5.92 Å². The molecule has 1 saturated heterocycles. The lowest BCUT2D eigenvalue weighted by Gasteiger charge is -2.41. The molecule has 0 saturated carbocycles. The highest BCUT2D eigenvalue weighted by molar-refractivity contribution is 5.59. The van der Waals surface area contributed by atoms with Crippen LogP contribution >= 0.6 is 0 Å². The molecule has 3 nitrogen and oxygen atoms in total. The van der Waals surface area contributed by atoms with Gasteiger partial charge in [0.1, 0.15) is 0 Å². The van der Waals surface area contributed by atoms with Gasteiger partial charge in [0.25, 0.3) is 0 Å². The first-order chi connectivity index (χ1) is 9.47. The maximum Gasteiger partial charge on any atom is 0.0390 e. The molecule has 1 N–H and O–H groups in total. The molecule has 0 spiro atoms.